The van der Waals surface area contributed by atoms with Gasteiger partial charge in [-0.05, 0) is 61.8 Å². The first kappa shape index (κ1) is 25.3. The molecule has 0 spiro atoms. The van der Waals surface area contributed by atoms with E-state index in [-0.39, 0.29) is 17.9 Å². The summed E-state index contributed by atoms with van der Waals surface area (Å²) in [7, 11) is 0. The van der Waals surface area contributed by atoms with Crippen molar-refractivity contribution in [2.45, 2.75) is 70.0 Å². The largest absolute Gasteiger partial charge is 0.352 e. The van der Waals surface area contributed by atoms with Crippen molar-refractivity contribution in [2.24, 2.45) is 0 Å². The molecular weight excluding hydrogens is 428 g/mol. The van der Waals surface area contributed by atoms with Gasteiger partial charge in [-0.3, -0.25) is 9.59 Å². The first-order chi connectivity index (χ1) is 14.9. The van der Waals surface area contributed by atoms with E-state index in [1.807, 2.05) is 75.4 Å². The van der Waals surface area contributed by atoms with Crippen LogP contribution in [0.3, 0.4) is 0 Å². The van der Waals surface area contributed by atoms with E-state index in [0.717, 1.165) is 34.1 Å². The van der Waals surface area contributed by atoms with Crippen molar-refractivity contribution in [3.05, 3.63) is 65.2 Å². The van der Waals surface area contributed by atoms with E-state index < -0.39 is 6.04 Å². The van der Waals surface area contributed by atoms with Gasteiger partial charge in [-0.2, -0.15) is 0 Å². The van der Waals surface area contributed by atoms with Crippen LogP contribution in [0.2, 0.25) is 5.02 Å². The van der Waals surface area contributed by atoms with Crippen LogP contribution in [0, 0.1) is 0 Å². The van der Waals surface area contributed by atoms with Crippen LogP contribution in [0.4, 0.5) is 0 Å². The van der Waals surface area contributed by atoms with Gasteiger partial charge in [0.25, 0.3) is 0 Å². The Kier molecular flexibility index (Phi) is 11.0. The molecule has 0 bridgehead atoms. The second-order valence-corrected chi connectivity index (χ2v) is 9.26. The van der Waals surface area contributed by atoms with Crippen molar-refractivity contribution in [1.82, 2.24) is 10.2 Å². The monoisotopic (exact) mass is 460 g/mol. The van der Waals surface area contributed by atoms with Crippen LogP contribution in [-0.4, -0.2) is 34.6 Å². The minimum atomic E-state index is -0.467. The molecule has 4 nitrogen and oxygen atoms in total. The number of nitrogens with one attached hydrogen (secondary N) is 1. The zero-order valence-corrected chi connectivity index (χ0v) is 20.2. The number of carbonyl (C=O) groups is 2. The molecule has 2 amide bonds. The van der Waals surface area contributed by atoms with Crippen molar-refractivity contribution >= 4 is 35.2 Å². The summed E-state index contributed by atoms with van der Waals surface area (Å²) in [6, 6.07) is 17.2. The highest BCUT2D eigenvalue weighted by atomic mass is 35.5. The van der Waals surface area contributed by atoms with Crippen LogP contribution in [0.25, 0.3) is 0 Å². The van der Waals surface area contributed by atoms with Gasteiger partial charge in [-0.25, -0.2) is 0 Å². The molecule has 0 saturated carbocycles. The minimum Gasteiger partial charge on any atom is -0.352 e. The van der Waals surface area contributed by atoms with Gasteiger partial charge in [0.15, 0.2) is 0 Å². The molecule has 2 atom stereocenters. The van der Waals surface area contributed by atoms with Crippen LogP contribution >= 0.6 is 23.4 Å². The Hall–Kier alpha value is -1.98. The fraction of sp³-hybridized carbons (Fsp3) is 0.440. The molecule has 0 fully saturated rings. The van der Waals surface area contributed by atoms with E-state index in [1.165, 1.54) is 0 Å². The summed E-state index contributed by atoms with van der Waals surface area (Å²) in [6.07, 6.45) is 2.61. The summed E-state index contributed by atoms with van der Waals surface area (Å²) in [4.78, 5) is 29.0. The predicted octanol–water partition coefficient (Wildman–Crippen LogP) is 5.93. The first-order valence-electron chi connectivity index (χ1n) is 11.0. The third-order valence-electron chi connectivity index (χ3n) is 5.20. The van der Waals surface area contributed by atoms with Crippen molar-refractivity contribution in [2.75, 3.05) is 5.75 Å². The van der Waals surface area contributed by atoms with Crippen LogP contribution in [0.5, 0.6) is 0 Å². The quantitative estimate of drug-likeness (QED) is 0.315. The van der Waals surface area contributed by atoms with E-state index in [4.69, 9.17) is 11.6 Å². The van der Waals surface area contributed by atoms with Crippen LogP contribution in [-0.2, 0) is 16.1 Å². The Bertz CT molecular complexity index is 814. The number of rotatable bonds is 12. The van der Waals surface area contributed by atoms with Crippen molar-refractivity contribution < 1.29 is 9.59 Å². The Morgan fingerprint density at radius 2 is 1.71 bits per heavy atom. The summed E-state index contributed by atoms with van der Waals surface area (Å²) in [5.41, 5.74) is 1.03. The van der Waals surface area contributed by atoms with Gasteiger partial charge >= 0.3 is 0 Å². The molecule has 6 heteroatoms. The molecular formula is C25H33ClN2O2S. The summed E-state index contributed by atoms with van der Waals surface area (Å²) < 4.78 is 0. The minimum absolute atomic E-state index is 0.0201. The van der Waals surface area contributed by atoms with Crippen LogP contribution < -0.4 is 5.32 Å². The number of amides is 2. The highest BCUT2D eigenvalue weighted by Gasteiger charge is 2.28. The number of hydrogen-bond acceptors (Lipinski definition) is 3. The average Bonchev–Trinajstić information content (AvgIpc) is 2.78. The van der Waals surface area contributed by atoms with E-state index >= 15 is 0 Å². The first-order valence-corrected chi connectivity index (χ1v) is 12.3. The van der Waals surface area contributed by atoms with E-state index in [9.17, 15) is 9.59 Å². The predicted molar refractivity (Wildman–Crippen MR) is 130 cm³/mol. The molecule has 0 radical (unpaired) electrons. The average molecular weight is 461 g/mol. The molecule has 0 heterocycles. The van der Waals surface area contributed by atoms with Crippen LogP contribution in [0.1, 0.15) is 52.0 Å². The standard InChI is InChI=1S/C25H33ClN2O2S/c1-4-19(3)27-25(30)23(5-2)28(18-20-10-7-6-8-11-20)24(29)12-9-17-31-22-15-13-21(26)14-16-22/h6-8,10-11,13-16,19,23H,4-5,9,12,17-18H2,1-3H3,(H,27,30)/t19-,23-/m0/s1. The molecule has 168 valence electrons. The lowest BCUT2D eigenvalue weighted by Gasteiger charge is -2.31. The Morgan fingerprint density at radius 1 is 1.03 bits per heavy atom. The van der Waals surface area contributed by atoms with Crippen LogP contribution in [0.15, 0.2) is 59.5 Å². The smallest absolute Gasteiger partial charge is 0.243 e. The number of carbonyl (C=O) groups excluding carboxylic acids is 2. The van der Waals surface area contributed by atoms with Gasteiger partial charge in [0.1, 0.15) is 6.04 Å². The molecule has 0 aliphatic rings. The second kappa shape index (κ2) is 13.4. The van der Waals surface area contributed by atoms with E-state index in [0.29, 0.717) is 19.4 Å². The fourth-order valence-corrected chi connectivity index (χ4v) is 4.21. The lowest BCUT2D eigenvalue weighted by Crippen LogP contribution is -2.50. The maximum Gasteiger partial charge on any atom is 0.243 e. The molecule has 0 aliphatic carbocycles. The Balaban J connectivity index is 2.02. The summed E-state index contributed by atoms with van der Waals surface area (Å²) in [6.45, 7) is 6.43. The van der Waals surface area contributed by atoms with Gasteiger partial charge < -0.3 is 10.2 Å². The highest BCUT2D eigenvalue weighted by molar-refractivity contribution is 7.99. The maximum absolute atomic E-state index is 13.2. The molecule has 0 aliphatic heterocycles. The third kappa shape index (κ3) is 8.58. The van der Waals surface area contributed by atoms with E-state index in [2.05, 4.69) is 5.32 Å². The SMILES string of the molecule is CC[C@H](C)NC(=O)[C@H](CC)N(Cc1ccccc1)C(=O)CCCSc1ccc(Cl)cc1. The summed E-state index contributed by atoms with van der Waals surface area (Å²) in [5.74, 6) is 0.783. The molecule has 0 saturated heterocycles. The van der Waals surface area contributed by atoms with Gasteiger partial charge in [0.05, 0.1) is 0 Å². The van der Waals surface area contributed by atoms with Gasteiger partial charge in [-0.1, -0.05) is 55.8 Å². The molecule has 0 aromatic heterocycles. The Morgan fingerprint density at radius 3 is 2.32 bits per heavy atom. The van der Waals surface area contributed by atoms with E-state index in [1.54, 1.807) is 16.7 Å². The number of nitrogens with zero attached hydrogens (tertiary/aromatic N) is 1. The highest BCUT2D eigenvalue weighted by Crippen LogP contribution is 2.22. The molecule has 31 heavy (non-hydrogen) atoms. The van der Waals surface area contributed by atoms with Crippen molar-refractivity contribution in [3.63, 3.8) is 0 Å². The third-order valence-corrected chi connectivity index (χ3v) is 6.55. The Labute approximate surface area is 195 Å². The normalized spacial score (nSPS) is 12.8. The topological polar surface area (TPSA) is 49.4 Å². The molecule has 2 aromatic rings. The summed E-state index contributed by atoms with van der Waals surface area (Å²) >= 11 is 7.64. The zero-order chi connectivity index (χ0) is 22.6. The van der Waals surface area contributed by atoms with Crippen molar-refractivity contribution in [3.8, 4) is 0 Å². The molecule has 1 N–H and O–H groups in total. The number of thioether (sulfide) groups is 1. The maximum atomic E-state index is 13.2. The second-order valence-electron chi connectivity index (χ2n) is 7.66. The lowest BCUT2D eigenvalue weighted by atomic mass is 10.1. The summed E-state index contributed by atoms with van der Waals surface area (Å²) in [5, 5.41) is 3.77. The molecule has 2 aromatic carbocycles. The number of halogens is 1. The lowest BCUT2D eigenvalue weighted by molar-refractivity contribution is -0.141. The molecule has 2 rings (SSSR count). The van der Waals surface area contributed by atoms with Crippen molar-refractivity contribution in [1.29, 1.82) is 0 Å². The fourth-order valence-electron chi connectivity index (χ4n) is 3.23. The van der Waals surface area contributed by atoms with Gasteiger partial charge in [-0.15, -0.1) is 11.8 Å². The van der Waals surface area contributed by atoms with Gasteiger partial charge in [0.2, 0.25) is 11.8 Å². The van der Waals surface area contributed by atoms with Gasteiger partial charge in [0, 0.05) is 28.9 Å². The number of hydrogen-bond donors (Lipinski definition) is 1. The molecule has 0 unspecified atom stereocenters. The number of benzene rings is 2. The zero-order valence-electron chi connectivity index (χ0n) is 18.6.